The monoisotopic (exact) mass is 399 g/mol. The minimum Gasteiger partial charge on any atom is -0.496 e. The number of hydrogen-bond acceptors (Lipinski definition) is 6. The summed E-state index contributed by atoms with van der Waals surface area (Å²) in [5, 5.41) is 8.80. The van der Waals surface area contributed by atoms with E-state index in [9.17, 15) is 9.59 Å². The van der Waals surface area contributed by atoms with Gasteiger partial charge in [-0.2, -0.15) is 0 Å². The molecule has 8 heteroatoms. The fourth-order valence-electron chi connectivity index (χ4n) is 4.41. The summed E-state index contributed by atoms with van der Waals surface area (Å²) in [5.41, 5.74) is 2.13. The van der Waals surface area contributed by atoms with Crippen molar-refractivity contribution in [2.24, 2.45) is 5.41 Å². The summed E-state index contributed by atoms with van der Waals surface area (Å²) in [6.07, 6.45) is 1.12. The van der Waals surface area contributed by atoms with Crippen molar-refractivity contribution < 1.29 is 19.0 Å². The van der Waals surface area contributed by atoms with E-state index in [2.05, 4.69) is 29.4 Å². The van der Waals surface area contributed by atoms with E-state index in [0.717, 1.165) is 5.70 Å². The van der Waals surface area contributed by atoms with Gasteiger partial charge in [0.25, 0.3) is 5.56 Å². The molecule has 1 aromatic carbocycles. The molecule has 8 nitrogen and oxygen atoms in total. The lowest BCUT2D eigenvalue weighted by molar-refractivity contribution is -0.118. The minimum absolute atomic E-state index is 0.0248. The number of anilines is 1. The second kappa shape index (κ2) is 6.72. The first-order chi connectivity index (χ1) is 13.8. The molecule has 2 aliphatic rings. The molecular weight excluding hydrogens is 374 g/mol. The molecule has 0 fully saturated rings. The molecule has 0 amide bonds. The fraction of sp³-hybridized carbons (Fsp3) is 0.429. The molecule has 154 valence electrons. The number of aromatic nitrogens is 2. The lowest BCUT2D eigenvalue weighted by Crippen LogP contribution is -2.35. The summed E-state index contributed by atoms with van der Waals surface area (Å²) in [6.45, 7) is 4.13. The molecule has 2 heterocycles. The van der Waals surface area contributed by atoms with Gasteiger partial charge in [0.1, 0.15) is 11.6 Å². The molecular formula is C21H25N3O5. The van der Waals surface area contributed by atoms with Gasteiger partial charge in [0.05, 0.1) is 32.8 Å². The number of fused-ring (bicyclic) bond motifs is 1. The second-order valence-electron chi connectivity index (χ2n) is 8.21. The molecule has 1 aliphatic heterocycles. The molecule has 1 atom stereocenters. The summed E-state index contributed by atoms with van der Waals surface area (Å²) >= 11 is 0. The third-order valence-electron chi connectivity index (χ3n) is 5.64. The van der Waals surface area contributed by atoms with E-state index in [4.69, 9.17) is 14.2 Å². The van der Waals surface area contributed by atoms with Crippen LogP contribution in [-0.2, 0) is 4.79 Å². The highest BCUT2D eigenvalue weighted by Crippen LogP contribution is 2.50. The average molecular weight is 399 g/mol. The van der Waals surface area contributed by atoms with Gasteiger partial charge in [-0.25, -0.2) is 0 Å². The minimum atomic E-state index is -0.574. The van der Waals surface area contributed by atoms with Crippen LogP contribution in [0, 0.1) is 5.41 Å². The smallest absolute Gasteiger partial charge is 0.270 e. The molecule has 0 radical (unpaired) electrons. The number of carbonyl (C=O) groups excluding carboxylic acids is 1. The van der Waals surface area contributed by atoms with Gasteiger partial charge in [0.2, 0.25) is 0 Å². The normalized spacial score (nSPS) is 19.9. The number of H-pyrrole nitrogens is 2. The summed E-state index contributed by atoms with van der Waals surface area (Å²) in [7, 11) is 4.64. The molecule has 3 N–H and O–H groups in total. The highest BCUT2D eigenvalue weighted by atomic mass is 16.5. The lowest BCUT2D eigenvalue weighted by Gasteiger charge is -2.38. The molecule has 0 saturated carbocycles. The number of ether oxygens (including phenoxy) is 3. The van der Waals surface area contributed by atoms with Crippen LogP contribution in [0.5, 0.6) is 17.2 Å². The van der Waals surface area contributed by atoms with Crippen molar-refractivity contribution in [3.63, 3.8) is 0 Å². The van der Waals surface area contributed by atoms with Crippen LogP contribution in [0.1, 0.15) is 43.7 Å². The Balaban J connectivity index is 2.00. The van der Waals surface area contributed by atoms with Gasteiger partial charge in [-0.15, -0.1) is 0 Å². The maximum Gasteiger partial charge on any atom is 0.270 e. The molecule has 0 bridgehead atoms. The van der Waals surface area contributed by atoms with Gasteiger partial charge in [-0.3, -0.25) is 19.8 Å². The predicted octanol–water partition coefficient (Wildman–Crippen LogP) is 2.93. The third-order valence-corrected chi connectivity index (χ3v) is 5.64. The summed E-state index contributed by atoms with van der Waals surface area (Å²) < 4.78 is 16.5. The van der Waals surface area contributed by atoms with E-state index < -0.39 is 5.92 Å². The molecule has 2 aromatic rings. The van der Waals surface area contributed by atoms with Crippen LogP contribution in [0.2, 0.25) is 0 Å². The number of rotatable bonds is 4. The average Bonchev–Trinajstić information content (AvgIpc) is 3.04. The Morgan fingerprint density at radius 3 is 2.24 bits per heavy atom. The Bertz CT molecular complexity index is 1080. The van der Waals surface area contributed by atoms with E-state index in [1.807, 2.05) is 0 Å². The Kier molecular flexibility index (Phi) is 4.44. The summed E-state index contributed by atoms with van der Waals surface area (Å²) in [6, 6.07) is 3.50. The topological polar surface area (TPSA) is 105 Å². The van der Waals surface area contributed by atoms with Gasteiger partial charge < -0.3 is 19.5 Å². The maximum absolute atomic E-state index is 13.2. The van der Waals surface area contributed by atoms with Crippen LogP contribution in [0.4, 0.5) is 5.82 Å². The molecule has 4 rings (SSSR count). The molecule has 0 unspecified atom stereocenters. The van der Waals surface area contributed by atoms with Gasteiger partial charge >= 0.3 is 0 Å². The largest absolute Gasteiger partial charge is 0.496 e. The first kappa shape index (κ1) is 19.2. The van der Waals surface area contributed by atoms with Crippen LogP contribution in [0.25, 0.3) is 0 Å². The number of hydrogen-bond donors (Lipinski definition) is 3. The molecule has 1 aliphatic carbocycles. The van der Waals surface area contributed by atoms with E-state index in [0.29, 0.717) is 52.6 Å². The molecule has 1 aromatic heterocycles. The number of benzene rings is 1. The van der Waals surface area contributed by atoms with Crippen molar-refractivity contribution in [1.29, 1.82) is 0 Å². The van der Waals surface area contributed by atoms with Crippen molar-refractivity contribution in [3.05, 3.63) is 44.9 Å². The first-order valence-corrected chi connectivity index (χ1v) is 9.43. The van der Waals surface area contributed by atoms with E-state index >= 15 is 0 Å². The van der Waals surface area contributed by atoms with Gasteiger partial charge in [0, 0.05) is 29.3 Å². The predicted molar refractivity (Wildman–Crippen MR) is 108 cm³/mol. The number of Topliss-reactive ketones (excluding diaryl/α,β-unsaturated/α-hetero) is 1. The fourth-order valence-corrected chi connectivity index (χ4v) is 4.41. The van der Waals surface area contributed by atoms with Crippen LogP contribution in [0.15, 0.2) is 28.2 Å². The van der Waals surface area contributed by atoms with Gasteiger partial charge in [0.15, 0.2) is 17.3 Å². The standard InChI is InChI=1S/C21H25N3O5/c1-21(2)8-11-17(12(25)9-21)16(18-19(22-11)23-24-20(18)26)10-6-14(28-4)15(29-5)7-13(10)27-3/h6-7,16H,8-9H2,1-5H3,(H3,22,23,24,26)/t16-/m1/s1. The van der Waals surface area contributed by atoms with E-state index in [1.54, 1.807) is 33.5 Å². The number of allylic oxidation sites excluding steroid dienone is 2. The number of methoxy groups -OCH3 is 3. The quantitative estimate of drug-likeness (QED) is 0.730. The van der Waals surface area contributed by atoms with Crippen LogP contribution in [-0.4, -0.2) is 37.3 Å². The Morgan fingerprint density at radius 1 is 0.931 bits per heavy atom. The first-order valence-electron chi connectivity index (χ1n) is 9.43. The SMILES string of the molecule is COc1cc(OC)c([C@@H]2C3=C(CC(C)(C)CC3=O)Nc3[nH][nH]c(=O)c32)cc1OC. The van der Waals surface area contributed by atoms with Crippen LogP contribution >= 0.6 is 0 Å². The van der Waals surface area contributed by atoms with Crippen molar-refractivity contribution in [3.8, 4) is 17.2 Å². The summed E-state index contributed by atoms with van der Waals surface area (Å²) in [4.78, 5) is 25.9. The van der Waals surface area contributed by atoms with Crippen molar-refractivity contribution in [1.82, 2.24) is 10.2 Å². The number of nitrogens with one attached hydrogen (secondary N) is 3. The van der Waals surface area contributed by atoms with Gasteiger partial charge in [-0.05, 0) is 17.9 Å². The molecule has 0 saturated heterocycles. The zero-order valence-corrected chi connectivity index (χ0v) is 17.2. The van der Waals surface area contributed by atoms with E-state index in [1.165, 1.54) is 0 Å². The molecule has 29 heavy (non-hydrogen) atoms. The maximum atomic E-state index is 13.2. The van der Waals surface area contributed by atoms with Crippen molar-refractivity contribution in [2.75, 3.05) is 26.6 Å². The van der Waals surface area contributed by atoms with Crippen LogP contribution in [0.3, 0.4) is 0 Å². The Hall–Kier alpha value is -3.16. The lowest BCUT2D eigenvalue weighted by atomic mass is 9.69. The zero-order valence-electron chi connectivity index (χ0n) is 17.2. The number of ketones is 1. The number of carbonyl (C=O) groups is 1. The van der Waals surface area contributed by atoms with E-state index in [-0.39, 0.29) is 16.8 Å². The third kappa shape index (κ3) is 2.99. The van der Waals surface area contributed by atoms with Crippen molar-refractivity contribution >= 4 is 11.6 Å². The zero-order chi connectivity index (χ0) is 20.9. The Morgan fingerprint density at radius 2 is 1.59 bits per heavy atom. The second-order valence-corrected chi connectivity index (χ2v) is 8.21. The number of aromatic amines is 2. The highest BCUT2D eigenvalue weighted by molar-refractivity contribution is 6.01. The van der Waals surface area contributed by atoms with Crippen molar-refractivity contribution in [2.45, 2.75) is 32.6 Å². The van der Waals surface area contributed by atoms with Gasteiger partial charge in [-0.1, -0.05) is 13.8 Å². The molecule has 0 spiro atoms. The highest BCUT2D eigenvalue weighted by Gasteiger charge is 2.43. The Labute approximate surface area is 168 Å². The summed E-state index contributed by atoms with van der Waals surface area (Å²) in [5.74, 6) is 1.55. The van der Waals surface area contributed by atoms with Crippen LogP contribution < -0.4 is 25.1 Å².